The maximum atomic E-state index is 5.73. The molecular formula is C13H13BrN2O. The van der Waals surface area contributed by atoms with Crippen LogP contribution in [0.2, 0.25) is 0 Å². The molecule has 0 N–H and O–H groups in total. The fourth-order valence-corrected chi connectivity index (χ4v) is 2.11. The fourth-order valence-electron chi connectivity index (χ4n) is 1.54. The maximum absolute atomic E-state index is 5.73. The zero-order valence-electron chi connectivity index (χ0n) is 9.99. The molecule has 0 saturated carbocycles. The van der Waals surface area contributed by atoms with E-state index in [4.69, 9.17) is 4.74 Å². The van der Waals surface area contributed by atoms with Crippen molar-refractivity contribution >= 4 is 15.9 Å². The van der Waals surface area contributed by atoms with Crippen molar-refractivity contribution < 1.29 is 4.74 Å². The number of ether oxygens (including phenoxy) is 1. The first-order chi connectivity index (χ1) is 8.04. The lowest BCUT2D eigenvalue weighted by molar-refractivity contribution is 0.456. The first kappa shape index (κ1) is 12.0. The number of halogens is 1. The summed E-state index contributed by atoms with van der Waals surface area (Å²) in [6.45, 7) is 5.81. The fraction of sp³-hybridized carbons (Fsp3) is 0.231. The number of benzene rings is 1. The summed E-state index contributed by atoms with van der Waals surface area (Å²) >= 11 is 3.47. The molecular weight excluding hydrogens is 280 g/mol. The van der Waals surface area contributed by atoms with Gasteiger partial charge >= 0.3 is 0 Å². The molecule has 0 saturated heterocycles. The van der Waals surface area contributed by atoms with Crippen LogP contribution in [0.25, 0.3) is 0 Å². The summed E-state index contributed by atoms with van der Waals surface area (Å²) in [4.78, 5) is 8.45. The normalized spacial score (nSPS) is 10.4. The summed E-state index contributed by atoms with van der Waals surface area (Å²) < 4.78 is 6.65. The van der Waals surface area contributed by atoms with Gasteiger partial charge < -0.3 is 4.74 Å². The molecule has 0 unspecified atom stereocenters. The van der Waals surface area contributed by atoms with E-state index in [1.807, 2.05) is 45.0 Å². The number of aryl methyl sites for hydroxylation is 3. The number of nitrogens with zero attached hydrogens (tertiary/aromatic N) is 2. The molecule has 0 aliphatic heterocycles. The largest absolute Gasteiger partial charge is 0.438 e. The SMILES string of the molecule is Cc1ccc(Oc2cc(C)nc(C)n2)c(Br)c1. The summed E-state index contributed by atoms with van der Waals surface area (Å²) in [5.74, 6) is 2.04. The molecule has 3 nitrogen and oxygen atoms in total. The predicted octanol–water partition coefficient (Wildman–Crippen LogP) is 3.96. The van der Waals surface area contributed by atoms with Crippen molar-refractivity contribution in [1.82, 2.24) is 9.97 Å². The van der Waals surface area contributed by atoms with Crippen molar-refractivity contribution in [2.45, 2.75) is 20.8 Å². The van der Waals surface area contributed by atoms with Crippen LogP contribution in [-0.4, -0.2) is 9.97 Å². The number of rotatable bonds is 2. The van der Waals surface area contributed by atoms with E-state index in [0.29, 0.717) is 11.7 Å². The average molecular weight is 293 g/mol. The summed E-state index contributed by atoms with van der Waals surface area (Å²) in [6.07, 6.45) is 0. The smallest absolute Gasteiger partial charge is 0.222 e. The minimum Gasteiger partial charge on any atom is -0.438 e. The van der Waals surface area contributed by atoms with Gasteiger partial charge in [0.05, 0.1) is 4.47 Å². The number of hydrogen-bond donors (Lipinski definition) is 0. The van der Waals surface area contributed by atoms with Crippen molar-refractivity contribution in [1.29, 1.82) is 0 Å². The van der Waals surface area contributed by atoms with Crippen LogP contribution < -0.4 is 4.74 Å². The molecule has 1 aromatic carbocycles. The molecule has 17 heavy (non-hydrogen) atoms. The zero-order chi connectivity index (χ0) is 12.4. The van der Waals surface area contributed by atoms with Crippen LogP contribution >= 0.6 is 15.9 Å². The highest BCUT2D eigenvalue weighted by molar-refractivity contribution is 9.10. The van der Waals surface area contributed by atoms with Crippen molar-refractivity contribution in [3.05, 3.63) is 45.8 Å². The van der Waals surface area contributed by atoms with Gasteiger partial charge in [0.1, 0.15) is 11.6 Å². The van der Waals surface area contributed by atoms with E-state index in [0.717, 1.165) is 15.9 Å². The molecule has 0 bridgehead atoms. The van der Waals surface area contributed by atoms with Crippen LogP contribution in [0.1, 0.15) is 17.1 Å². The Labute approximate surface area is 109 Å². The molecule has 4 heteroatoms. The Morgan fingerprint density at radius 2 is 1.82 bits per heavy atom. The van der Waals surface area contributed by atoms with Gasteiger partial charge in [-0.05, 0) is 54.4 Å². The molecule has 0 fully saturated rings. The van der Waals surface area contributed by atoms with Crippen LogP contribution in [0.4, 0.5) is 0 Å². The third-order valence-electron chi connectivity index (χ3n) is 2.24. The van der Waals surface area contributed by atoms with Crippen LogP contribution in [0, 0.1) is 20.8 Å². The van der Waals surface area contributed by atoms with Crippen LogP contribution in [0.5, 0.6) is 11.6 Å². The minimum absolute atomic E-state index is 0.569. The van der Waals surface area contributed by atoms with Gasteiger partial charge in [-0.2, -0.15) is 4.98 Å². The van der Waals surface area contributed by atoms with Gasteiger partial charge in [0, 0.05) is 11.8 Å². The molecule has 0 aliphatic rings. The predicted molar refractivity (Wildman–Crippen MR) is 70.5 cm³/mol. The maximum Gasteiger partial charge on any atom is 0.222 e. The molecule has 0 radical (unpaired) electrons. The van der Waals surface area contributed by atoms with Crippen molar-refractivity contribution in [3.63, 3.8) is 0 Å². The second-order valence-corrected chi connectivity index (χ2v) is 4.79. The van der Waals surface area contributed by atoms with E-state index < -0.39 is 0 Å². The van der Waals surface area contributed by atoms with Gasteiger partial charge in [-0.1, -0.05) is 6.07 Å². The van der Waals surface area contributed by atoms with Crippen molar-refractivity contribution in [2.24, 2.45) is 0 Å². The third kappa shape index (κ3) is 3.03. The van der Waals surface area contributed by atoms with Crippen LogP contribution in [-0.2, 0) is 0 Å². The van der Waals surface area contributed by atoms with E-state index in [1.54, 1.807) is 0 Å². The second-order valence-electron chi connectivity index (χ2n) is 3.93. The first-order valence-electron chi connectivity index (χ1n) is 5.31. The Kier molecular flexibility index (Phi) is 3.43. The molecule has 0 atom stereocenters. The quantitative estimate of drug-likeness (QED) is 0.840. The minimum atomic E-state index is 0.569. The molecule has 2 rings (SSSR count). The van der Waals surface area contributed by atoms with E-state index in [-0.39, 0.29) is 0 Å². The summed E-state index contributed by atoms with van der Waals surface area (Å²) in [6, 6.07) is 7.75. The molecule has 0 amide bonds. The molecule has 0 spiro atoms. The Morgan fingerprint density at radius 3 is 2.47 bits per heavy atom. The van der Waals surface area contributed by atoms with Gasteiger partial charge in [-0.3, -0.25) is 0 Å². The molecule has 0 aliphatic carbocycles. The second kappa shape index (κ2) is 4.84. The highest BCUT2D eigenvalue weighted by atomic mass is 79.9. The summed E-state index contributed by atoms with van der Waals surface area (Å²) in [5.41, 5.74) is 2.08. The Hall–Kier alpha value is -1.42. The molecule has 1 heterocycles. The van der Waals surface area contributed by atoms with Gasteiger partial charge in [-0.15, -0.1) is 0 Å². The Balaban J connectivity index is 2.31. The zero-order valence-corrected chi connectivity index (χ0v) is 11.6. The van der Waals surface area contributed by atoms with Crippen LogP contribution in [0.3, 0.4) is 0 Å². The van der Waals surface area contributed by atoms with E-state index >= 15 is 0 Å². The van der Waals surface area contributed by atoms with Gasteiger partial charge in [0.2, 0.25) is 5.88 Å². The van der Waals surface area contributed by atoms with Crippen molar-refractivity contribution in [2.75, 3.05) is 0 Å². The number of hydrogen-bond acceptors (Lipinski definition) is 3. The summed E-state index contributed by atoms with van der Waals surface area (Å²) in [5, 5.41) is 0. The third-order valence-corrected chi connectivity index (χ3v) is 2.86. The lowest BCUT2D eigenvalue weighted by atomic mass is 10.2. The van der Waals surface area contributed by atoms with Gasteiger partial charge in [-0.25, -0.2) is 4.98 Å². The van der Waals surface area contributed by atoms with Crippen LogP contribution in [0.15, 0.2) is 28.7 Å². The first-order valence-corrected chi connectivity index (χ1v) is 6.10. The molecule has 1 aromatic heterocycles. The topological polar surface area (TPSA) is 35.0 Å². The lowest BCUT2D eigenvalue weighted by Crippen LogP contribution is -1.95. The molecule has 88 valence electrons. The molecule has 2 aromatic rings. The standard InChI is InChI=1S/C13H13BrN2O/c1-8-4-5-12(11(14)6-8)17-13-7-9(2)15-10(3)16-13/h4-7H,1-3H3. The van der Waals surface area contributed by atoms with E-state index in [1.165, 1.54) is 5.56 Å². The number of aromatic nitrogens is 2. The van der Waals surface area contributed by atoms with E-state index in [2.05, 4.69) is 25.9 Å². The summed E-state index contributed by atoms with van der Waals surface area (Å²) in [7, 11) is 0. The average Bonchev–Trinajstić information content (AvgIpc) is 2.21. The highest BCUT2D eigenvalue weighted by Gasteiger charge is 2.05. The Bertz CT molecular complexity index is 535. The van der Waals surface area contributed by atoms with Gasteiger partial charge in [0.25, 0.3) is 0 Å². The van der Waals surface area contributed by atoms with Crippen molar-refractivity contribution in [3.8, 4) is 11.6 Å². The Morgan fingerprint density at radius 1 is 1.06 bits per heavy atom. The van der Waals surface area contributed by atoms with E-state index in [9.17, 15) is 0 Å². The van der Waals surface area contributed by atoms with Gasteiger partial charge in [0.15, 0.2) is 0 Å². The highest BCUT2D eigenvalue weighted by Crippen LogP contribution is 2.29. The lowest BCUT2D eigenvalue weighted by Gasteiger charge is -2.08. The monoisotopic (exact) mass is 292 g/mol.